The van der Waals surface area contributed by atoms with Crippen LogP contribution in [0.3, 0.4) is 0 Å². The topological polar surface area (TPSA) is 55.6 Å². The number of halogens is 1. The Morgan fingerprint density at radius 3 is 2.44 bits per heavy atom. The largest absolute Gasteiger partial charge is 0.444 e. The van der Waals surface area contributed by atoms with E-state index in [0.29, 0.717) is 17.9 Å². The van der Waals surface area contributed by atoms with E-state index >= 15 is 0 Å². The molecular weight excluding hydrogens is 228 g/mol. The molecule has 2 fully saturated rings. The monoisotopic (exact) mass is 248 g/mol. The molecule has 2 aliphatic rings. The van der Waals surface area contributed by atoms with Crippen LogP contribution >= 0.6 is 12.4 Å². The minimum Gasteiger partial charge on any atom is -0.444 e. The van der Waals surface area contributed by atoms with E-state index in [2.05, 4.69) is 0 Å². The van der Waals surface area contributed by atoms with Gasteiger partial charge in [0.15, 0.2) is 0 Å². The lowest BCUT2D eigenvalue weighted by atomic mass is 9.72. The molecule has 3 atom stereocenters. The van der Waals surface area contributed by atoms with Crippen molar-refractivity contribution in [1.82, 2.24) is 4.90 Å². The van der Waals surface area contributed by atoms with Gasteiger partial charge in [-0.2, -0.15) is 0 Å². The van der Waals surface area contributed by atoms with Crippen LogP contribution in [0.5, 0.6) is 0 Å². The summed E-state index contributed by atoms with van der Waals surface area (Å²) < 4.78 is 5.33. The highest BCUT2D eigenvalue weighted by Crippen LogP contribution is 2.39. The average Bonchev–Trinajstić information content (AvgIpc) is 2.39. The first kappa shape index (κ1) is 13.6. The number of nitrogens with two attached hydrogens (primary N) is 1. The quantitative estimate of drug-likeness (QED) is 0.709. The SMILES string of the molecule is CC(C)(C)OC(=O)N1CC2CC(N)C2C1.Cl. The van der Waals surface area contributed by atoms with Crippen LogP contribution in [0.15, 0.2) is 0 Å². The number of hydrogen-bond acceptors (Lipinski definition) is 3. The fourth-order valence-electron chi connectivity index (χ4n) is 2.43. The summed E-state index contributed by atoms with van der Waals surface area (Å²) in [7, 11) is 0. The Labute approximate surface area is 103 Å². The van der Waals surface area contributed by atoms with Gasteiger partial charge < -0.3 is 15.4 Å². The fraction of sp³-hybridized carbons (Fsp3) is 0.909. The zero-order chi connectivity index (χ0) is 11.2. The van der Waals surface area contributed by atoms with Gasteiger partial charge in [-0.3, -0.25) is 0 Å². The molecule has 0 bridgehead atoms. The van der Waals surface area contributed by atoms with E-state index in [4.69, 9.17) is 10.5 Å². The number of nitrogens with zero attached hydrogens (tertiary/aromatic N) is 1. The highest BCUT2D eigenvalue weighted by molar-refractivity contribution is 5.85. The van der Waals surface area contributed by atoms with Gasteiger partial charge in [-0.1, -0.05) is 0 Å². The van der Waals surface area contributed by atoms with Crippen LogP contribution in [0.2, 0.25) is 0 Å². The highest BCUT2D eigenvalue weighted by Gasteiger charge is 2.47. The Morgan fingerprint density at radius 2 is 2.00 bits per heavy atom. The molecular formula is C11H21ClN2O2. The average molecular weight is 249 g/mol. The zero-order valence-electron chi connectivity index (χ0n) is 10.1. The second-order valence-corrected chi connectivity index (χ2v) is 5.71. The summed E-state index contributed by atoms with van der Waals surface area (Å²) in [4.78, 5) is 13.5. The Kier molecular flexibility index (Phi) is 3.75. The summed E-state index contributed by atoms with van der Waals surface area (Å²) >= 11 is 0. The second-order valence-electron chi connectivity index (χ2n) is 5.71. The lowest BCUT2D eigenvalue weighted by Crippen LogP contribution is -2.46. The van der Waals surface area contributed by atoms with Crippen LogP contribution in [-0.4, -0.2) is 35.7 Å². The molecule has 2 N–H and O–H groups in total. The molecule has 1 amide bonds. The molecule has 0 spiro atoms. The van der Waals surface area contributed by atoms with E-state index in [0.717, 1.165) is 19.5 Å². The molecule has 4 nitrogen and oxygen atoms in total. The summed E-state index contributed by atoms with van der Waals surface area (Å²) in [6.07, 6.45) is 0.869. The maximum Gasteiger partial charge on any atom is 0.410 e. The molecule has 1 aliphatic carbocycles. The van der Waals surface area contributed by atoms with Crippen molar-refractivity contribution in [3.05, 3.63) is 0 Å². The van der Waals surface area contributed by atoms with Crippen LogP contribution in [0.4, 0.5) is 4.79 Å². The number of amides is 1. The molecule has 0 aromatic rings. The predicted molar refractivity (Wildman–Crippen MR) is 64.6 cm³/mol. The van der Waals surface area contributed by atoms with Crippen molar-refractivity contribution in [3.8, 4) is 0 Å². The van der Waals surface area contributed by atoms with E-state index in [1.165, 1.54) is 0 Å². The number of fused-ring (bicyclic) bond motifs is 1. The standard InChI is InChI=1S/C11H20N2O2.ClH/c1-11(2,3)15-10(14)13-5-7-4-9(12)8(7)6-13;/h7-9H,4-6,12H2,1-3H3;1H. The molecule has 1 heterocycles. The predicted octanol–water partition coefficient (Wildman–Crippen LogP) is 1.62. The summed E-state index contributed by atoms with van der Waals surface area (Å²) in [6.45, 7) is 7.28. The zero-order valence-corrected chi connectivity index (χ0v) is 10.9. The molecule has 1 saturated carbocycles. The Morgan fingerprint density at radius 1 is 1.38 bits per heavy atom. The molecule has 0 aromatic carbocycles. The van der Waals surface area contributed by atoms with Crippen molar-refractivity contribution < 1.29 is 9.53 Å². The van der Waals surface area contributed by atoms with Crippen molar-refractivity contribution >= 4 is 18.5 Å². The Hall–Kier alpha value is -0.480. The maximum atomic E-state index is 11.7. The summed E-state index contributed by atoms with van der Waals surface area (Å²) in [5.41, 5.74) is 5.47. The lowest BCUT2D eigenvalue weighted by Gasteiger charge is -2.35. The van der Waals surface area contributed by atoms with Crippen molar-refractivity contribution in [1.29, 1.82) is 0 Å². The van der Waals surface area contributed by atoms with Crippen molar-refractivity contribution in [3.63, 3.8) is 0 Å². The Bertz CT molecular complexity index is 278. The minimum absolute atomic E-state index is 0. The first-order valence-corrected chi connectivity index (χ1v) is 5.60. The van der Waals surface area contributed by atoms with E-state index in [1.807, 2.05) is 20.8 Å². The molecule has 0 radical (unpaired) electrons. The van der Waals surface area contributed by atoms with Gasteiger partial charge in [-0.15, -0.1) is 12.4 Å². The van der Waals surface area contributed by atoms with Gasteiger partial charge in [0, 0.05) is 19.1 Å². The van der Waals surface area contributed by atoms with Crippen molar-refractivity contribution in [2.75, 3.05) is 13.1 Å². The van der Waals surface area contributed by atoms with Crippen LogP contribution in [0.1, 0.15) is 27.2 Å². The van der Waals surface area contributed by atoms with Gasteiger partial charge in [0.2, 0.25) is 0 Å². The van der Waals surface area contributed by atoms with E-state index in [-0.39, 0.29) is 18.5 Å². The highest BCUT2D eigenvalue weighted by atomic mass is 35.5. The third-order valence-electron chi connectivity index (χ3n) is 3.27. The molecule has 1 saturated heterocycles. The first-order valence-electron chi connectivity index (χ1n) is 5.60. The first-order chi connectivity index (χ1) is 6.87. The third kappa shape index (κ3) is 2.61. The van der Waals surface area contributed by atoms with Crippen LogP contribution in [0, 0.1) is 11.8 Å². The van der Waals surface area contributed by atoms with Gasteiger partial charge in [-0.25, -0.2) is 4.79 Å². The van der Waals surface area contributed by atoms with Crippen LogP contribution < -0.4 is 5.73 Å². The smallest absolute Gasteiger partial charge is 0.410 e. The third-order valence-corrected chi connectivity index (χ3v) is 3.27. The minimum atomic E-state index is -0.402. The van der Waals surface area contributed by atoms with Gasteiger partial charge in [0.05, 0.1) is 0 Å². The number of likely N-dealkylation sites (tertiary alicyclic amines) is 1. The maximum absolute atomic E-state index is 11.7. The summed E-state index contributed by atoms with van der Waals surface area (Å²) in [6, 6.07) is 0.294. The van der Waals surface area contributed by atoms with E-state index in [9.17, 15) is 4.79 Å². The molecule has 2 rings (SSSR count). The Balaban J connectivity index is 0.00000128. The molecule has 16 heavy (non-hydrogen) atoms. The van der Waals surface area contributed by atoms with Crippen LogP contribution in [0.25, 0.3) is 0 Å². The van der Waals surface area contributed by atoms with Gasteiger partial charge in [-0.05, 0) is 39.0 Å². The fourth-order valence-corrected chi connectivity index (χ4v) is 2.43. The van der Waals surface area contributed by atoms with Crippen molar-refractivity contribution in [2.24, 2.45) is 17.6 Å². The van der Waals surface area contributed by atoms with Gasteiger partial charge >= 0.3 is 6.09 Å². The number of hydrogen-bond donors (Lipinski definition) is 1. The van der Waals surface area contributed by atoms with E-state index < -0.39 is 5.60 Å². The number of carbonyl (C=O) groups excluding carboxylic acids is 1. The van der Waals surface area contributed by atoms with Crippen molar-refractivity contribution in [2.45, 2.75) is 38.8 Å². The number of carbonyl (C=O) groups is 1. The molecule has 1 aliphatic heterocycles. The lowest BCUT2D eigenvalue weighted by molar-refractivity contribution is 0.0288. The van der Waals surface area contributed by atoms with Crippen LogP contribution in [-0.2, 0) is 4.74 Å². The molecule has 94 valence electrons. The van der Waals surface area contributed by atoms with Gasteiger partial charge in [0.1, 0.15) is 5.60 Å². The molecule has 3 unspecified atom stereocenters. The number of rotatable bonds is 0. The normalized spacial score (nSPS) is 32.5. The molecule has 0 aromatic heterocycles. The second kappa shape index (κ2) is 4.41. The van der Waals surface area contributed by atoms with Gasteiger partial charge in [0.25, 0.3) is 0 Å². The number of ether oxygens (including phenoxy) is 1. The summed E-state index contributed by atoms with van der Waals surface area (Å²) in [5, 5.41) is 0. The summed E-state index contributed by atoms with van der Waals surface area (Å²) in [5.74, 6) is 1.13. The van der Waals surface area contributed by atoms with E-state index in [1.54, 1.807) is 4.90 Å². The molecule has 5 heteroatoms.